The minimum absolute atomic E-state index is 0.0978. The highest BCUT2D eigenvalue weighted by Gasteiger charge is 2.13. The lowest BCUT2D eigenvalue weighted by Crippen LogP contribution is -2.22. The molecule has 1 rings (SSSR count). The fourth-order valence-electron chi connectivity index (χ4n) is 2.51. The lowest BCUT2D eigenvalue weighted by molar-refractivity contribution is -0.162. The molecule has 1 saturated heterocycles. The molecule has 1 heterocycles. The molecular formula is C16H32O2S. The molecule has 1 aliphatic heterocycles. The van der Waals surface area contributed by atoms with Crippen LogP contribution in [0.1, 0.15) is 77.0 Å². The van der Waals surface area contributed by atoms with Crippen LogP contribution in [0, 0.1) is 0 Å². The largest absolute Gasteiger partial charge is 0.353 e. The summed E-state index contributed by atoms with van der Waals surface area (Å²) in [6, 6.07) is 0. The Bertz CT molecular complexity index is 182. The van der Waals surface area contributed by atoms with Gasteiger partial charge in [-0.3, -0.25) is 0 Å². The van der Waals surface area contributed by atoms with E-state index in [9.17, 15) is 0 Å². The lowest BCUT2D eigenvalue weighted by atomic mass is 10.1. The molecule has 0 bridgehead atoms. The van der Waals surface area contributed by atoms with Crippen molar-refractivity contribution in [3.63, 3.8) is 0 Å². The van der Waals surface area contributed by atoms with Crippen molar-refractivity contribution in [3.05, 3.63) is 0 Å². The summed E-state index contributed by atoms with van der Waals surface area (Å²) in [7, 11) is 0. The molecule has 1 atom stereocenters. The molecule has 0 aromatic heterocycles. The smallest absolute Gasteiger partial charge is 0.157 e. The number of unbranched alkanes of at least 4 members (excludes halogenated alkanes) is 8. The van der Waals surface area contributed by atoms with Crippen LogP contribution >= 0.6 is 12.6 Å². The van der Waals surface area contributed by atoms with Crippen LogP contribution in [0.5, 0.6) is 0 Å². The van der Waals surface area contributed by atoms with E-state index in [1.807, 2.05) is 0 Å². The third-order valence-electron chi connectivity index (χ3n) is 3.74. The van der Waals surface area contributed by atoms with Gasteiger partial charge in [0.2, 0.25) is 0 Å². The maximum atomic E-state index is 5.73. The monoisotopic (exact) mass is 288 g/mol. The molecule has 3 heteroatoms. The topological polar surface area (TPSA) is 18.5 Å². The highest BCUT2D eigenvalue weighted by Crippen LogP contribution is 2.15. The number of rotatable bonds is 12. The summed E-state index contributed by atoms with van der Waals surface area (Å²) in [5.41, 5.74) is 0. The molecule has 0 spiro atoms. The van der Waals surface area contributed by atoms with Crippen molar-refractivity contribution in [2.75, 3.05) is 19.0 Å². The van der Waals surface area contributed by atoms with Gasteiger partial charge in [0.1, 0.15) is 0 Å². The number of thiol groups is 1. The second-order valence-electron chi connectivity index (χ2n) is 5.57. The van der Waals surface area contributed by atoms with E-state index in [0.717, 1.165) is 25.4 Å². The first kappa shape index (κ1) is 17.3. The third-order valence-corrected chi connectivity index (χ3v) is 4.06. The predicted octanol–water partition coefficient (Wildman–Crippen LogP) is 4.97. The number of hydrogen-bond donors (Lipinski definition) is 1. The molecule has 0 N–H and O–H groups in total. The summed E-state index contributed by atoms with van der Waals surface area (Å²) in [4.78, 5) is 0. The Balaban J connectivity index is 1.71. The molecule has 0 saturated carbocycles. The van der Waals surface area contributed by atoms with Crippen molar-refractivity contribution in [2.24, 2.45) is 0 Å². The van der Waals surface area contributed by atoms with Crippen molar-refractivity contribution in [1.82, 2.24) is 0 Å². The maximum absolute atomic E-state index is 5.73. The second-order valence-corrected chi connectivity index (χ2v) is 6.02. The Morgan fingerprint density at radius 2 is 1.47 bits per heavy atom. The van der Waals surface area contributed by atoms with E-state index in [2.05, 4.69) is 12.6 Å². The molecule has 0 amide bonds. The fraction of sp³-hybridized carbons (Fsp3) is 1.00. The van der Waals surface area contributed by atoms with Crippen LogP contribution in [0.4, 0.5) is 0 Å². The van der Waals surface area contributed by atoms with Crippen molar-refractivity contribution in [3.8, 4) is 0 Å². The van der Waals surface area contributed by atoms with Crippen molar-refractivity contribution in [1.29, 1.82) is 0 Å². The zero-order valence-electron chi connectivity index (χ0n) is 12.4. The quantitative estimate of drug-likeness (QED) is 0.404. The molecule has 0 radical (unpaired) electrons. The Hall–Kier alpha value is 0.270. The fourth-order valence-corrected chi connectivity index (χ4v) is 2.73. The maximum Gasteiger partial charge on any atom is 0.157 e. The molecule has 2 nitrogen and oxygen atoms in total. The predicted molar refractivity (Wildman–Crippen MR) is 84.9 cm³/mol. The van der Waals surface area contributed by atoms with Crippen molar-refractivity contribution >= 4 is 12.6 Å². The minimum Gasteiger partial charge on any atom is -0.353 e. The normalized spacial score (nSPS) is 19.7. The summed E-state index contributed by atoms with van der Waals surface area (Å²) >= 11 is 4.23. The second kappa shape index (κ2) is 13.3. The first-order chi connectivity index (χ1) is 9.43. The Labute approximate surface area is 125 Å². The SMILES string of the molecule is SCCCCCCCCCCCOC1CCCCO1. The average Bonchev–Trinajstić information content (AvgIpc) is 2.46. The first-order valence-corrected chi connectivity index (χ1v) is 8.91. The van der Waals surface area contributed by atoms with Crippen LogP contribution in [0.2, 0.25) is 0 Å². The number of hydrogen-bond acceptors (Lipinski definition) is 3. The van der Waals surface area contributed by atoms with E-state index in [1.165, 1.54) is 70.6 Å². The van der Waals surface area contributed by atoms with Gasteiger partial charge < -0.3 is 9.47 Å². The van der Waals surface area contributed by atoms with Crippen LogP contribution in [0.25, 0.3) is 0 Å². The van der Waals surface area contributed by atoms with Crippen LogP contribution in [0.15, 0.2) is 0 Å². The van der Waals surface area contributed by atoms with Gasteiger partial charge in [-0.05, 0) is 37.9 Å². The molecule has 0 aromatic rings. The molecule has 1 aliphatic rings. The van der Waals surface area contributed by atoms with Gasteiger partial charge in [0.15, 0.2) is 6.29 Å². The van der Waals surface area contributed by atoms with Gasteiger partial charge in [0.05, 0.1) is 0 Å². The summed E-state index contributed by atoms with van der Waals surface area (Å²) in [5, 5.41) is 0. The molecule has 1 fully saturated rings. The van der Waals surface area contributed by atoms with Gasteiger partial charge >= 0.3 is 0 Å². The van der Waals surface area contributed by atoms with E-state index in [-0.39, 0.29) is 6.29 Å². The Morgan fingerprint density at radius 1 is 0.842 bits per heavy atom. The Morgan fingerprint density at radius 3 is 2.05 bits per heavy atom. The van der Waals surface area contributed by atoms with E-state index in [4.69, 9.17) is 9.47 Å². The van der Waals surface area contributed by atoms with Crippen molar-refractivity contribution < 1.29 is 9.47 Å². The van der Waals surface area contributed by atoms with Gasteiger partial charge in [0.25, 0.3) is 0 Å². The summed E-state index contributed by atoms with van der Waals surface area (Å²) in [5.74, 6) is 1.05. The Kier molecular flexibility index (Phi) is 12.1. The summed E-state index contributed by atoms with van der Waals surface area (Å²) < 4.78 is 11.3. The van der Waals surface area contributed by atoms with Crippen LogP contribution in [0.3, 0.4) is 0 Å². The van der Waals surface area contributed by atoms with E-state index in [1.54, 1.807) is 0 Å². The number of ether oxygens (including phenoxy) is 2. The van der Waals surface area contributed by atoms with Gasteiger partial charge in [-0.15, -0.1) is 0 Å². The van der Waals surface area contributed by atoms with Gasteiger partial charge in [0, 0.05) is 13.2 Å². The molecule has 0 aliphatic carbocycles. The minimum atomic E-state index is 0.0978. The van der Waals surface area contributed by atoms with Gasteiger partial charge in [-0.2, -0.15) is 12.6 Å². The van der Waals surface area contributed by atoms with E-state index < -0.39 is 0 Å². The first-order valence-electron chi connectivity index (χ1n) is 8.27. The standard InChI is InChI=1S/C16H32O2S/c19-15-11-7-5-3-1-2-4-6-9-13-17-16-12-8-10-14-18-16/h16,19H,1-15H2. The van der Waals surface area contributed by atoms with E-state index in [0.29, 0.717) is 0 Å². The van der Waals surface area contributed by atoms with E-state index >= 15 is 0 Å². The van der Waals surface area contributed by atoms with Crippen LogP contribution in [-0.4, -0.2) is 25.3 Å². The molecular weight excluding hydrogens is 256 g/mol. The van der Waals surface area contributed by atoms with Crippen molar-refractivity contribution in [2.45, 2.75) is 83.3 Å². The molecule has 19 heavy (non-hydrogen) atoms. The third kappa shape index (κ3) is 10.7. The summed E-state index contributed by atoms with van der Waals surface area (Å²) in [6.07, 6.45) is 15.7. The molecule has 114 valence electrons. The van der Waals surface area contributed by atoms with Crippen LogP contribution < -0.4 is 0 Å². The average molecular weight is 288 g/mol. The zero-order chi connectivity index (χ0) is 13.6. The highest BCUT2D eigenvalue weighted by molar-refractivity contribution is 7.80. The molecule has 1 unspecified atom stereocenters. The lowest BCUT2D eigenvalue weighted by Gasteiger charge is -2.22. The van der Waals surface area contributed by atoms with Crippen LogP contribution in [-0.2, 0) is 9.47 Å². The van der Waals surface area contributed by atoms with Gasteiger partial charge in [-0.25, -0.2) is 0 Å². The summed E-state index contributed by atoms with van der Waals surface area (Å²) in [6.45, 7) is 1.77. The van der Waals surface area contributed by atoms with Gasteiger partial charge in [-0.1, -0.05) is 44.9 Å². The highest BCUT2D eigenvalue weighted by atomic mass is 32.1. The zero-order valence-corrected chi connectivity index (χ0v) is 13.3. The molecule has 0 aromatic carbocycles.